The second-order valence-electron chi connectivity index (χ2n) is 4.78. The Balaban J connectivity index is 5.72. The van der Waals surface area contributed by atoms with Gasteiger partial charge < -0.3 is 0 Å². The SMILES string of the molecule is FC(F)C(F)C(F)C(F)C(F)C(F)C(F)(F)C(F)(F)C(F)(F)C(F)(F)F. The van der Waals surface area contributed by atoms with Gasteiger partial charge in [-0.25, -0.2) is 30.7 Å². The van der Waals surface area contributed by atoms with E-state index in [0.717, 1.165) is 0 Å². The molecule has 0 aromatic carbocycles. The van der Waals surface area contributed by atoms with Gasteiger partial charge >= 0.3 is 23.9 Å². The summed E-state index contributed by atoms with van der Waals surface area (Å²) in [6, 6.07) is 0. The van der Waals surface area contributed by atoms with Gasteiger partial charge in [0.2, 0.25) is 6.17 Å². The van der Waals surface area contributed by atoms with Crippen molar-refractivity contribution in [2.75, 3.05) is 0 Å². The lowest BCUT2D eigenvalue weighted by atomic mass is 9.93. The molecular formula is C10H6F16. The van der Waals surface area contributed by atoms with Crippen LogP contribution in [0.5, 0.6) is 0 Å². The third-order valence-electron chi connectivity index (χ3n) is 2.95. The lowest BCUT2D eigenvalue weighted by Gasteiger charge is -2.36. The Morgan fingerprint density at radius 2 is 0.769 bits per heavy atom. The molecule has 0 radical (unpaired) electrons. The monoisotopic (exact) mass is 430 g/mol. The van der Waals surface area contributed by atoms with E-state index in [1.807, 2.05) is 0 Å². The van der Waals surface area contributed by atoms with Crippen LogP contribution in [0.4, 0.5) is 70.2 Å². The Hall–Kier alpha value is -1.12. The molecule has 0 amide bonds. The number of rotatable bonds is 8. The van der Waals surface area contributed by atoms with Gasteiger partial charge in [0.25, 0.3) is 6.43 Å². The van der Waals surface area contributed by atoms with Gasteiger partial charge in [0.05, 0.1) is 0 Å². The molecule has 0 fully saturated rings. The first-order valence-electron chi connectivity index (χ1n) is 5.93. The van der Waals surface area contributed by atoms with Crippen LogP contribution in [0.15, 0.2) is 0 Å². The maximum atomic E-state index is 13.0. The molecule has 0 spiro atoms. The summed E-state index contributed by atoms with van der Waals surface area (Å²) in [5.41, 5.74) is 0. The van der Waals surface area contributed by atoms with E-state index >= 15 is 0 Å². The van der Waals surface area contributed by atoms with Crippen LogP contribution in [0.25, 0.3) is 0 Å². The summed E-state index contributed by atoms with van der Waals surface area (Å²) >= 11 is 0. The van der Waals surface area contributed by atoms with Crippen molar-refractivity contribution in [1.29, 1.82) is 0 Å². The smallest absolute Gasteiger partial charge is 0.241 e. The number of halogens is 16. The summed E-state index contributed by atoms with van der Waals surface area (Å²) in [5, 5.41) is 0. The van der Waals surface area contributed by atoms with Crippen LogP contribution in [0.3, 0.4) is 0 Å². The van der Waals surface area contributed by atoms with E-state index in [-0.39, 0.29) is 0 Å². The molecule has 5 unspecified atom stereocenters. The van der Waals surface area contributed by atoms with Crippen LogP contribution in [-0.2, 0) is 0 Å². The molecule has 0 N–H and O–H groups in total. The van der Waals surface area contributed by atoms with Crippen molar-refractivity contribution in [1.82, 2.24) is 0 Å². The molecule has 0 aromatic rings. The molecule has 158 valence electrons. The number of hydrogen-bond acceptors (Lipinski definition) is 0. The van der Waals surface area contributed by atoms with Crippen molar-refractivity contribution in [3.63, 3.8) is 0 Å². The van der Waals surface area contributed by atoms with Gasteiger partial charge in [-0.3, -0.25) is 0 Å². The molecule has 0 rings (SSSR count). The molecule has 26 heavy (non-hydrogen) atoms. The van der Waals surface area contributed by atoms with Gasteiger partial charge in [0.1, 0.15) is 0 Å². The highest BCUT2D eigenvalue weighted by Gasteiger charge is 2.84. The van der Waals surface area contributed by atoms with Crippen LogP contribution in [0, 0.1) is 0 Å². The summed E-state index contributed by atoms with van der Waals surface area (Å²) in [6.45, 7) is 0. The quantitative estimate of drug-likeness (QED) is 0.452. The molecule has 0 aliphatic rings. The van der Waals surface area contributed by atoms with E-state index in [9.17, 15) is 70.2 Å². The summed E-state index contributed by atoms with van der Waals surface area (Å²) < 4.78 is 199. The van der Waals surface area contributed by atoms with Crippen molar-refractivity contribution in [3.05, 3.63) is 0 Å². The molecule has 0 saturated heterocycles. The third-order valence-corrected chi connectivity index (χ3v) is 2.95. The zero-order chi connectivity index (χ0) is 21.5. The Morgan fingerprint density at radius 3 is 1.08 bits per heavy atom. The van der Waals surface area contributed by atoms with E-state index < -0.39 is 61.2 Å². The minimum absolute atomic E-state index is 4.26. The van der Waals surface area contributed by atoms with E-state index in [1.54, 1.807) is 0 Å². The molecule has 0 bridgehead atoms. The molecular weight excluding hydrogens is 424 g/mol. The van der Waals surface area contributed by atoms with Crippen molar-refractivity contribution < 1.29 is 70.2 Å². The molecule has 0 aliphatic carbocycles. The Labute approximate surface area is 133 Å². The van der Waals surface area contributed by atoms with E-state index in [4.69, 9.17) is 0 Å². The summed E-state index contributed by atoms with van der Waals surface area (Å²) in [5.74, 6) is -22.7. The molecule has 0 nitrogen and oxygen atoms in total. The van der Waals surface area contributed by atoms with Gasteiger partial charge in [-0.1, -0.05) is 0 Å². The first kappa shape index (κ1) is 24.9. The van der Waals surface area contributed by atoms with Crippen LogP contribution in [0.1, 0.15) is 0 Å². The highest BCUT2D eigenvalue weighted by molar-refractivity contribution is 5.06. The maximum absolute atomic E-state index is 13.0. The molecule has 0 aromatic heterocycles. The van der Waals surface area contributed by atoms with Crippen molar-refractivity contribution >= 4 is 0 Å². The Kier molecular flexibility index (Phi) is 7.16. The minimum atomic E-state index is -7.70. The second-order valence-corrected chi connectivity index (χ2v) is 4.78. The normalized spacial score (nSPS) is 20.7. The lowest BCUT2D eigenvalue weighted by molar-refractivity contribution is -0.405. The second kappa shape index (κ2) is 7.48. The topological polar surface area (TPSA) is 0 Å². The maximum Gasteiger partial charge on any atom is 0.460 e. The Morgan fingerprint density at radius 1 is 0.423 bits per heavy atom. The van der Waals surface area contributed by atoms with Crippen molar-refractivity contribution in [2.45, 2.75) is 61.2 Å². The fraction of sp³-hybridized carbons (Fsp3) is 1.00. The van der Waals surface area contributed by atoms with Gasteiger partial charge in [-0.15, -0.1) is 0 Å². The first-order chi connectivity index (χ1) is 11.2. The van der Waals surface area contributed by atoms with Crippen LogP contribution < -0.4 is 0 Å². The van der Waals surface area contributed by atoms with Gasteiger partial charge in [-0.05, 0) is 0 Å². The zero-order valence-corrected chi connectivity index (χ0v) is 11.5. The van der Waals surface area contributed by atoms with Gasteiger partial charge in [0.15, 0.2) is 24.7 Å². The molecule has 0 heterocycles. The molecule has 16 heteroatoms. The third kappa shape index (κ3) is 4.07. The lowest BCUT2D eigenvalue weighted by Crippen LogP contribution is -2.65. The largest absolute Gasteiger partial charge is 0.460 e. The summed E-state index contributed by atoms with van der Waals surface area (Å²) in [6.07, 6.45) is -35.7. The fourth-order valence-corrected chi connectivity index (χ4v) is 1.41. The van der Waals surface area contributed by atoms with E-state index in [2.05, 4.69) is 0 Å². The average molecular weight is 430 g/mol. The zero-order valence-electron chi connectivity index (χ0n) is 11.5. The summed E-state index contributed by atoms with van der Waals surface area (Å²) in [4.78, 5) is 0. The highest BCUT2D eigenvalue weighted by atomic mass is 19.4. The minimum Gasteiger partial charge on any atom is -0.241 e. The average Bonchev–Trinajstić information content (AvgIpc) is 2.49. The van der Waals surface area contributed by atoms with Crippen molar-refractivity contribution in [3.8, 4) is 0 Å². The predicted octanol–water partition coefficient (Wildman–Crippen LogP) is 5.41. The highest BCUT2D eigenvalue weighted by Crippen LogP contribution is 2.55. The molecule has 0 saturated carbocycles. The fourth-order valence-electron chi connectivity index (χ4n) is 1.41. The standard InChI is InChI=1S/C10H6F16/c11-1(2(12)4(14)6(16)17)3(13)5(15)7(18,19)8(20,21)9(22,23)10(24,25)26/h1-6H. The van der Waals surface area contributed by atoms with Crippen molar-refractivity contribution in [2.24, 2.45) is 0 Å². The van der Waals surface area contributed by atoms with Crippen LogP contribution >= 0.6 is 0 Å². The van der Waals surface area contributed by atoms with Crippen LogP contribution in [0.2, 0.25) is 0 Å². The van der Waals surface area contributed by atoms with Crippen LogP contribution in [-0.4, -0.2) is 61.2 Å². The van der Waals surface area contributed by atoms with Gasteiger partial charge in [0, 0.05) is 0 Å². The first-order valence-corrected chi connectivity index (χ1v) is 5.93. The number of hydrogen-bond donors (Lipinski definition) is 0. The van der Waals surface area contributed by atoms with E-state index in [0.29, 0.717) is 0 Å². The predicted molar refractivity (Wildman–Crippen MR) is 51.4 cm³/mol. The number of alkyl halides is 16. The molecule has 0 aliphatic heterocycles. The Bertz CT molecular complexity index is 454. The van der Waals surface area contributed by atoms with E-state index in [1.165, 1.54) is 0 Å². The van der Waals surface area contributed by atoms with Gasteiger partial charge in [-0.2, -0.15) is 39.5 Å². The summed E-state index contributed by atoms with van der Waals surface area (Å²) in [7, 11) is 0. The molecule has 5 atom stereocenters.